The Kier molecular flexibility index (Phi) is 23.4. The number of rotatable bonds is 22. The van der Waals surface area contributed by atoms with Crippen LogP contribution in [0.1, 0.15) is 0 Å². The van der Waals surface area contributed by atoms with Gasteiger partial charge in [0.15, 0.2) is 49.9 Å². The molecular formula is C34H84O8Si11. The van der Waals surface area contributed by atoms with Crippen molar-refractivity contribution in [3.05, 3.63) is 73.7 Å². The lowest BCUT2D eigenvalue weighted by Crippen LogP contribution is -2.56. The van der Waals surface area contributed by atoms with Gasteiger partial charge in [0.25, 0.3) is 0 Å². The molecule has 8 nitrogen and oxygen atoms in total. The van der Waals surface area contributed by atoms with E-state index in [1.54, 1.807) is 0 Å². The zero-order valence-electron chi connectivity index (χ0n) is 38.5. The van der Waals surface area contributed by atoms with E-state index in [0.717, 1.165) is 0 Å². The second-order valence-electron chi connectivity index (χ2n) is 18.9. The summed E-state index contributed by atoms with van der Waals surface area (Å²) in [4.78, 5) is 0. The maximum Gasteiger partial charge on any atom is 0.342 e. The molecule has 0 spiro atoms. The van der Waals surface area contributed by atoms with Crippen molar-refractivity contribution in [2.75, 3.05) is 0 Å². The molecule has 0 heterocycles. The minimum atomic E-state index is -2.45. The van der Waals surface area contributed by atoms with Crippen LogP contribution in [0.4, 0.5) is 0 Å². The minimum Gasteiger partial charge on any atom is -0.437 e. The normalized spacial score (nSPS) is 16.0. The highest BCUT2D eigenvalue weighted by molar-refractivity contribution is 6.94. The number of hydrogen-bond donors (Lipinski definition) is 0. The van der Waals surface area contributed by atoms with Gasteiger partial charge in [0.1, 0.15) is 0 Å². The van der Waals surface area contributed by atoms with E-state index in [4.69, 9.17) is 32.9 Å². The molecule has 0 radical (unpaired) electrons. The molecule has 0 aliphatic carbocycles. The SMILES string of the molecule is C=C[Si](C)(C)O[Si](C)(C)O[Si](C)(C)C=C.C=C[Si](C)(C)O[Si](C)(C)O[Si](C)(C=C)O[Si](C)(C)C=C.C=C[Si](C)(O[Si](C)(C)C)O[Si](C)(C)O[Si](C)(C)C. The van der Waals surface area contributed by atoms with Crippen LogP contribution in [0.25, 0.3) is 0 Å². The Labute approximate surface area is 341 Å². The van der Waals surface area contributed by atoms with Gasteiger partial charge in [-0.1, -0.05) is 34.2 Å². The maximum atomic E-state index is 6.34. The maximum absolute atomic E-state index is 6.34. The van der Waals surface area contributed by atoms with Crippen molar-refractivity contribution >= 4 is 92.7 Å². The van der Waals surface area contributed by atoms with Crippen LogP contribution in [0, 0.1) is 0 Å². The van der Waals surface area contributed by atoms with Crippen LogP contribution in [0.2, 0.25) is 144 Å². The summed E-state index contributed by atoms with van der Waals surface area (Å²) < 4.78 is 49.9. The van der Waals surface area contributed by atoms with E-state index in [0.29, 0.717) is 0 Å². The van der Waals surface area contributed by atoms with Crippen molar-refractivity contribution in [2.24, 2.45) is 0 Å². The molecule has 0 saturated heterocycles. The fourth-order valence-corrected chi connectivity index (χ4v) is 48.5. The highest BCUT2D eigenvalue weighted by Crippen LogP contribution is 2.26. The molecule has 0 aliphatic rings. The van der Waals surface area contributed by atoms with Crippen molar-refractivity contribution in [2.45, 2.75) is 144 Å². The Hall–Kier alpha value is 0.506. The van der Waals surface area contributed by atoms with Gasteiger partial charge in [-0.25, -0.2) is 0 Å². The van der Waals surface area contributed by atoms with Crippen LogP contribution in [0.15, 0.2) is 73.7 Å². The lowest BCUT2D eigenvalue weighted by atomic mass is 11.3. The second kappa shape index (κ2) is 21.5. The molecule has 19 heteroatoms. The van der Waals surface area contributed by atoms with Crippen LogP contribution in [-0.4, -0.2) is 92.7 Å². The van der Waals surface area contributed by atoms with E-state index in [1.807, 2.05) is 40.7 Å². The topological polar surface area (TPSA) is 73.8 Å². The average Bonchev–Trinajstić information content (AvgIpc) is 2.88. The van der Waals surface area contributed by atoms with Gasteiger partial charge in [-0.3, -0.25) is 0 Å². The highest BCUT2D eigenvalue weighted by atomic mass is 28.5. The predicted octanol–water partition coefficient (Wildman–Crippen LogP) is 12.2. The van der Waals surface area contributed by atoms with Gasteiger partial charge in [-0.05, 0) is 144 Å². The molecular weight excluding hydrogens is 845 g/mol. The molecule has 0 rings (SSSR count). The molecule has 53 heavy (non-hydrogen) atoms. The summed E-state index contributed by atoms with van der Waals surface area (Å²) >= 11 is 0. The Bertz CT molecular complexity index is 1190. The highest BCUT2D eigenvalue weighted by Gasteiger charge is 2.44. The first-order chi connectivity index (χ1) is 23.0. The molecule has 312 valence electrons. The molecule has 0 saturated carbocycles. The van der Waals surface area contributed by atoms with Gasteiger partial charge in [0, 0.05) is 0 Å². The van der Waals surface area contributed by atoms with Gasteiger partial charge < -0.3 is 32.9 Å². The lowest BCUT2D eigenvalue weighted by Gasteiger charge is -2.39. The van der Waals surface area contributed by atoms with Crippen LogP contribution >= 0.6 is 0 Å². The van der Waals surface area contributed by atoms with Crippen LogP contribution in [0.3, 0.4) is 0 Å². The molecule has 0 fully saturated rings. The standard InChI is InChI=1S/C13H30O3Si4.C11H30O3Si4.C10H24O2Si3/c1-11-17(4,5)14-19(8,9)16-20(10,13-3)15-18(6,7)12-2;1-11-18(10,13-16(5,6)7)14-17(8,9)12-15(2,3)4;1-9-13(3,4)11-15(7,8)12-14(5,6)10-2/h11-13H,1-3H2,4-10H3;11H,1H2,2-10H3;9-10H,1-2H2,3-8H3. The lowest BCUT2D eigenvalue weighted by molar-refractivity contribution is 0.335. The van der Waals surface area contributed by atoms with E-state index < -0.39 is 92.7 Å². The number of hydrogen-bond acceptors (Lipinski definition) is 8. The van der Waals surface area contributed by atoms with Gasteiger partial charge in [0.2, 0.25) is 0 Å². The van der Waals surface area contributed by atoms with E-state index in [2.05, 4.69) is 177 Å². The fraction of sp³-hybridized carbons (Fsp3) is 0.647. The van der Waals surface area contributed by atoms with E-state index >= 15 is 0 Å². The molecule has 0 aromatic heterocycles. The van der Waals surface area contributed by atoms with Crippen molar-refractivity contribution in [3.8, 4) is 0 Å². The van der Waals surface area contributed by atoms with Gasteiger partial charge in [-0.15, -0.1) is 39.5 Å². The molecule has 0 bridgehead atoms. The molecule has 2 unspecified atom stereocenters. The third kappa shape index (κ3) is 30.3. The smallest absolute Gasteiger partial charge is 0.342 e. The Morgan fingerprint density at radius 1 is 0.245 bits per heavy atom. The summed E-state index contributed by atoms with van der Waals surface area (Å²) in [6.45, 7) is 70.0. The Morgan fingerprint density at radius 2 is 0.453 bits per heavy atom. The first kappa shape index (κ1) is 57.8. The van der Waals surface area contributed by atoms with E-state index in [9.17, 15) is 0 Å². The first-order valence-corrected chi connectivity index (χ1v) is 50.4. The second-order valence-corrected chi connectivity index (χ2v) is 61.6. The Morgan fingerprint density at radius 3 is 0.679 bits per heavy atom. The fourth-order valence-electron chi connectivity index (χ4n) is 5.18. The Balaban J connectivity index is -0.000000715. The monoisotopic (exact) mass is 928 g/mol. The van der Waals surface area contributed by atoms with Crippen molar-refractivity contribution < 1.29 is 32.9 Å². The van der Waals surface area contributed by atoms with Crippen molar-refractivity contribution in [1.29, 1.82) is 0 Å². The summed E-state index contributed by atoms with van der Waals surface area (Å²) in [6.07, 6.45) is 0. The molecule has 0 N–H and O–H groups in total. The van der Waals surface area contributed by atoms with Gasteiger partial charge in [-0.2, -0.15) is 0 Å². The van der Waals surface area contributed by atoms with E-state index in [1.165, 1.54) is 0 Å². The van der Waals surface area contributed by atoms with Crippen molar-refractivity contribution in [1.82, 2.24) is 0 Å². The third-order valence-electron chi connectivity index (χ3n) is 6.66. The van der Waals surface area contributed by atoms with Crippen LogP contribution in [0.5, 0.6) is 0 Å². The summed E-state index contributed by atoms with van der Waals surface area (Å²) in [6, 6.07) is 0. The molecule has 0 aromatic rings. The zero-order chi connectivity index (χ0) is 43.4. The van der Waals surface area contributed by atoms with Crippen LogP contribution < -0.4 is 0 Å². The molecule has 2 atom stereocenters. The third-order valence-corrected chi connectivity index (χ3v) is 43.7. The first-order valence-electron chi connectivity index (χ1n) is 18.4. The molecule has 0 amide bonds. The quantitative estimate of drug-likeness (QED) is 0.0994. The largest absolute Gasteiger partial charge is 0.437 e. The van der Waals surface area contributed by atoms with Gasteiger partial charge >= 0.3 is 42.8 Å². The summed E-state index contributed by atoms with van der Waals surface area (Å²) in [5.41, 5.74) is 11.5. The minimum absolute atomic E-state index is 1.58. The predicted molar refractivity (Wildman–Crippen MR) is 262 cm³/mol. The summed E-state index contributed by atoms with van der Waals surface area (Å²) in [5, 5.41) is 0. The van der Waals surface area contributed by atoms with Gasteiger partial charge in [0.05, 0.1) is 0 Å². The molecule has 0 aromatic carbocycles. The molecule has 0 aliphatic heterocycles. The average molecular weight is 930 g/mol. The zero-order valence-corrected chi connectivity index (χ0v) is 49.5. The summed E-state index contributed by atoms with van der Waals surface area (Å²) in [5.74, 6) is 0. The van der Waals surface area contributed by atoms with Crippen LogP contribution in [-0.2, 0) is 32.9 Å². The van der Waals surface area contributed by atoms with E-state index in [-0.39, 0.29) is 0 Å². The van der Waals surface area contributed by atoms with Crippen molar-refractivity contribution in [3.63, 3.8) is 0 Å². The summed E-state index contributed by atoms with van der Waals surface area (Å²) in [7, 11) is -21.7.